The molecule has 4 aliphatic rings. The van der Waals surface area contributed by atoms with E-state index in [0.717, 1.165) is 12.8 Å². The van der Waals surface area contributed by atoms with Crippen molar-refractivity contribution in [2.45, 2.75) is 83.3 Å². The summed E-state index contributed by atoms with van der Waals surface area (Å²) in [5, 5.41) is 13.1. The van der Waals surface area contributed by atoms with Crippen molar-refractivity contribution in [1.29, 1.82) is 0 Å². The van der Waals surface area contributed by atoms with Gasteiger partial charge in [-0.25, -0.2) is 0 Å². The van der Waals surface area contributed by atoms with E-state index in [0.29, 0.717) is 19.5 Å². The van der Waals surface area contributed by atoms with Crippen LogP contribution in [0.1, 0.15) is 53.4 Å². The van der Waals surface area contributed by atoms with Crippen molar-refractivity contribution in [2.24, 2.45) is 17.8 Å². The number of esters is 1. The van der Waals surface area contributed by atoms with Crippen molar-refractivity contribution in [3.63, 3.8) is 0 Å². The first-order valence-electron chi connectivity index (χ1n) is 13.9. The van der Waals surface area contributed by atoms with Crippen LogP contribution in [0.4, 0.5) is 0 Å². The summed E-state index contributed by atoms with van der Waals surface area (Å²) in [4.78, 5) is 57.3. The second kappa shape index (κ2) is 11.6. The molecule has 10 heteroatoms. The van der Waals surface area contributed by atoms with Crippen LogP contribution in [0.25, 0.3) is 0 Å². The SMILES string of the molecule is CCCCN1CC=C[C@@]23O[C@H]4/C=C\CCC(=O)NC[C@H](C)OC(=O)[C@H]4[C@@H]2C(=O)N([C@@H](CO)C(C)C)[C@H]3C1=O. The predicted octanol–water partition coefficient (Wildman–Crippen LogP) is 1.18. The summed E-state index contributed by atoms with van der Waals surface area (Å²) < 4.78 is 12.3. The fourth-order valence-corrected chi connectivity index (χ4v) is 6.18. The molecule has 38 heavy (non-hydrogen) atoms. The zero-order valence-corrected chi connectivity index (χ0v) is 22.8. The Morgan fingerprint density at radius 2 is 1.95 bits per heavy atom. The zero-order valence-electron chi connectivity index (χ0n) is 22.8. The molecule has 2 saturated heterocycles. The molecule has 0 aromatic rings. The molecule has 0 aliphatic carbocycles. The lowest BCUT2D eigenvalue weighted by atomic mass is 9.78. The highest BCUT2D eigenvalue weighted by atomic mass is 16.6. The van der Waals surface area contributed by atoms with E-state index in [-0.39, 0.29) is 43.2 Å². The minimum absolute atomic E-state index is 0.133. The van der Waals surface area contributed by atoms with Gasteiger partial charge in [-0.1, -0.05) is 51.5 Å². The Kier molecular flexibility index (Phi) is 8.62. The number of likely N-dealkylation sites (tertiary alicyclic amines) is 1. The zero-order chi connectivity index (χ0) is 27.6. The van der Waals surface area contributed by atoms with Gasteiger partial charge in [0.2, 0.25) is 17.7 Å². The maximum atomic E-state index is 14.3. The highest BCUT2D eigenvalue weighted by Crippen LogP contribution is 2.54. The molecule has 210 valence electrons. The van der Waals surface area contributed by atoms with Gasteiger partial charge in [-0.05, 0) is 25.7 Å². The van der Waals surface area contributed by atoms with Gasteiger partial charge in [-0.15, -0.1) is 0 Å². The summed E-state index contributed by atoms with van der Waals surface area (Å²) in [7, 11) is 0. The van der Waals surface area contributed by atoms with E-state index in [9.17, 15) is 24.3 Å². The molecule has 0 saturated carbocycles. The third kappa shape index (κ3) is 5.00. The predicted molar refractivity (Wildman–Crippen MR) is 138 cm³/mol. The first-order valence-corrected chi connectivity index (χ1v) is 13.9. The van der Waals surface area contributed by atoms with E-state index >= 15 is 0 Å². The van der Waals surface area contributed by atoms with Gasteiger partial charge in [-0.3, -0.25) is 19.2 Å². The molecule has 0 unspecified atom stereocenters. The first kappa shape index (κ1) is 28.3. The monoisotopic (exact) mass is 531 g/mol. The van der Waals surface area contributed by atoms with Crippen molar-refractivity contribution < 1.29 is 33.8 Å². The third-order valence-electron chi connectivity index (χ3n) is 8.15. The minimum Gasteiger partial charge on any atom is -0.460 e. The summed E-state index contributed by atoms with van der Waals surface area (Å²) in [6.07, 6.45) is 8.19. The van der Waals surface area contributed by atoms with Gasteiger partial charge in [0.05, 0.1) is 31.2 Å². The molecule has 3 amide bonds. The molecule has 0 bridgehead atoms. The van der Waals surface area contributed by atoms with E-state index in [1.54, 1.807) is 30.1 Å². The minimum atomic E-state index is -1.38. The number of nitrogens with zero attached hydrogens (tertiary/aromatic N) is 2. The standard InChI is InChI=1S/C28H41N3O7/c1-5-6-13-30-14-9-12-28-23(25(34)31(24(28)26(30)35)19(16-32)17(2)3)22-20(38-28)10-7-8-11-21(33)29-15-18(4)37-27(22)36/h7,9-10,12,17-20,22-24,32H,5-6,8,11,13-16H2,1-4H3,(H,29,33)/b10-7-/t18-,19-,20-,22+,23+,24-,28+/m0/s1. The number of amides is 3. The number of ether oxygens (including phenoxy) is 2. The van der Waals surface area contributed by atoms with E-state index < -0.39 is 47.7 Å². The Morgan fingerprint density at radius 3 is 2.63 bits per heavy atom. The maximum Gasteiger partial charge on any atom is 0.313 e. The fraction of sp³-hybridized carbons (Fsp3) is 0.714. The van der Waals surface area contributed by atoms with Crippen LogP contribution in [0.5, 0.6) is 0 Å². The Bertz CT molecular complexity index is 995. The number of rotatable bonds is 6. The van der Waals surface area contributed by atoms with Crippen molar-refractivity contribution in [3.05, 3.63) is 24.3 Å². The number of unbranched alkanes of at least 4 members (excludes halogenated alkanes) is 1. The molecule has 4 aliphatic heterocycles. The Balaban J connectivity index is 1.82. The Hall–Kier alpha value is -2.72. The number of carbonyl (C=O) groups excluding carboxylic acids is 4. The number of carbonyl (C=O) groups is 4. The lowest BCUT2D eigenvalue weighted by molar-refractivity contribution is -0.160. The van der Waals surface area contributed by atoms with E-state index in [2.05, 4.69) is 12.2 Å². The van der Waals surface area contributed by atoms with Crippen LogP contribution in [0.15, 0.2) is 24.3 Å². The number of cyclic esters (lactones) is 1. The molecule has 0 aromatic heterocycles. The second-order valence-corrected chi connectivity index (χ2v) is 11.1. The van der Waals surface area contributed by atoms with Gasteiger partial charge >= 0.3 is 5.97 Å². The lowest BCUT2D eigenvalue weighted by Crippen LogP contribution is -2.59. The van der Waals surface area contributed by atoms with Crippen molar-refractivity contribution in [2.75, 3.05) is 26.2 Å². The van der Waals surface area contributed by atoms with E-state index in [4.69, 9.17) is 9.47 Å². The number of hydrogen-bond acceptors (Lipinski definition) is 7. The van der Waals surface area contributed by atoms with Gasteiger partial charge in [0.1, 0.15) is 23.7 Å². The molecule has 0 aromatic carbocycles. The smallest absolute Gasteiger partial charge is 0.313 e. The molecular formula is C28H41N3O7. The molecule has 4 heterocycles. The van der Waals surface area contributed by atoms with Crippen LogP contribution >= 0.6 is 0 Å². The van der Waals surface area contributed by atoms with Crippen LogP contribution in [0.2, 0.25) is 0 Å². The molecule has 7 atom stereocenters. The quantitative estimate of drug-likeness (QED) is 0.389. The van der Waals surface area contributed by atoms with Gasteiger partial charge < -0.3 is 29.7 Å². The molecule has 2 N–H and O–H groups in total. The topological polar surface area (TPSA) is 125 Å². The van der Waals surface area contributed by atoms with Crippen LogP contribution in [0, 0.1) is 17.8 Å². The van der Waals surface area contributed by atoms with Crippen LogP contribution in [-0.2, 0) is 28.7 Å². The van der Waals surface area contributed by atoms with Gasteiger partial charge in [0, 0.05) is 19.5 Å². The number of aliphatic hydroxyl groups excluding tert-OH is 1. The molecule has 1 spiro atoms. The Labute approximate surface area is 224 Å². The molecule has 10 nitrogen and oxygen atoms in total. The molecule has 0 radical (unpaired) electrons. The van der Waals surface area contributed by atoms with Gasteiger partial charge in [-0.2, -0.15) is 0 Å². The van der Waals surface area contributed by atoms with E-state index in [1.807, 2.05) is 19.9 Å². The van der Waals surface area contributed by atoms with Crippen molar-refractivity contribution in [1.82, 2.24) is 15.1 Å². The summed E-state index contributed by atoms with van der Waals surface area (Å²) in [6, 6.07) is -1.63. The summed E-state index contributed by atoms with van der Waals surface area (Å²) in [6.45, 7) is 8.29. The molecule has 2 fully saturated rings. The van der Waals surface area contributed by atoms with Crippen molar-refractivity contribution in [3.8, 4) is 0 Å². The largest absolute Gasteiger partial charge is 0.460 e. The van der Waals surface area contributed by atoms with Gasteiger partial charge in [0.15, 0.2) is 0 Å². The number of hydrogen-bond donors (Lipinski definition) is 2. The number of fused-ring (bicyclic) bond motifs is 2. The van der Waals surface area contributed by atoms with Crippen LogP contribution in [-0.4, -0.2) is 94.7 Å². The van der Waals surface area contributed by atoms with E-state index in [1.165, 1.54) is 4.90 Å². The van der Waals surface area contributed by atoms with Crippen molar-refractivity contribution >= 4 is 23.7 Å². The Morgan fingerprint density at radius 1 is 1.18 bits per heavy atom. The molecule has 4 rings (SSSR count). The summed E-state index contributed by atoms with van der Waals surface area (Å²) in [5.74, 6) is -3.47. The first-order chi connectivity index (χ1) is 18.2. The molecular weight excluding hydrogens is 490 g/mol. The summed E-state index contributed by atoms with van der Waals surface area (Å²) >= 11 is 0. The highest BCUT2D eigenvalue weighted by Gasteiger charge is 2.72. The number of allylic oxidation sites excluding steroid dienone is 1. The maximum absolute atomic E-state index is 14.3. The lowest BCUT2D eigenvalue weighted by Gasteiger charge is -2.39. The third-order valence-corrected chi connectivity index (χ3v) is 8.15. The summed E-state index contributed by atoms with van der Waals surface area (Å²) in [5.41, 5.74) is -1.38. The van der Waals surface area contributed by atoms with Crippen LogP contribution < -0.4 is 5.32 Å². The second-order valence-electron chi connectivity index (χ2n) is 11.1. The van der Waals surface area contributed by atoms with Crippen LogP contribution in [0.3, 0.4) is 0 Å². The normalized spacial score (nSPS) is 35.5. The van der Waals surface area contributed by atoms with Gasteiger partial charge in [0.25, 0.3) is 0 Å². The number of aliphatic hydroxyl groups is 1. The average molecular weight is 532 g/mol. The number of nitrogens with one attached hydrogen (secondary N) is 1. The highest BCUT2D eigenvalue weighted by molar-refractivity contribution is 5.99. The fourth-order valence-electron chi connectivity index (χ4n) is 6.18. The average Bonchev–Trinajstić information content (AvgIpc) is 3.26.